The van der Waals surface area contributed by atoms with Crippen LogP contribution in [0.3, 0.4) is 0 Å². The molecule has 0 heterocycles. The molecule has 0 bridgehead atoms. The number of ether oxygens (including phenoxy) is 2. The molecule has 0 aliphatic rings. The molecule has 0 atom stereocenters. The van der Waals surface area contributed by atoms with Crippen LogP contribution in [0.2, 0.25) is 0 Å². The maximum atomic E-state index is 11.4. The monoisotopic (exact) mass is 374 g/mol. The van der Waals surface area contributed by atoms with Crippen LogP contribution in [-0.2, 0) is 9.47 Å². The zero-order valence-electron chi connectivity index (χ0n) is 16.0. The second-order valence-corrected chi connectivity index (χ2v) is 6.54. The summed E-state index contributed by atoms with van der Waals surface area (Å²) in [6.45, 7) is 7.95. The number of esters is 2. The molecule has 0 aliphatic carbocycles. The minimum Gasteiger partial charge on any atom is -0.508 e. The summed E-state index contributed by atoms with van der Waals surface area (Å²) in [5, 5.41) is 18.0. The lowest BCUT2D eigenvalue weighted by atomic mass is 10.2. The predicted octanol–water partition coefficient (Wildman–Crippen LogP) is 4.16. The average molecular weight is 374 g/mol. The summed E-state index contributed by atoms with van der Waals surface area (Å²) < 4.78 is 9.96. The minimum atomic E-state index is -0.366. The maximum Gasteiger partial charge on any atom is 0.338 e. The van der Waals surface area contributed by atoms with E-state index in [2.05, 4.69) is 0 Å². The van der Waals surface area contributed by atoms with Crippen molar-refractivity contribution in [2.24, 2.45) is 5.92 Å². The Bertz CT molecular complexity index is 717. The largest absolute Gasteiger partial charge is 0.508 e. The summed E-state index contributed by atoms with van der Waals surface area (Å²) in [5.74, 6) is -0.101. The van der Waals surface area contributed by atoms with Crippen LogP contribution in [-0.4, -0.2) is 34.9 Å². The Morgan fingerprint density at radius 3 is 1.56 bits per heavy atom. The average Bonchev–Trinajstić information content (AvgIpc) is 2.61. The fraction of sp³-hybridized carbons (Fsp3) is 0.333. The predicted molar refractivity (Wildman–Crippen MR) is 102 cm³/mol. The van der Waals surface area contributed by atoms with Crippen LogP contribution in [0.4, 0.5) is 0 Å². The van der Waals surface area contributed by atoms with Gasteiger partial charge < -0.3 is 19.7 Å². The number of aromatic hydroxyl groups is 2. The molecule has 0 fully saturated rings. The number of phenols is 2. The fourth-order valence-electron chi connectivity index (χ4n) is 1.80. The Morgan fingerprint density at radius 1 is 0.778 bits per heavy atom. The molecule has 0 unspecified atom stereocenters. The van der Waals surface area contributed by atoms with Crippen LogP contribution in [0, 0.1) is 5.92 Å². The van der Waals surface area contributed by atoms with Crippen LogP contribution in [0.1, 0.15) is 48.4 Å². The van der Waals surface area contributed by atoms with Gasteiger partial charge in [0, 0.05) is 0 Å². The van der Waals surface area contributed by atoms with Crippen molar-refractivity contribution >= 4 is 11.9 Å². The second-order valence-electron chi connectivity index (χ2n) is 6.54. The van der Waals surface area contributed by atoms with Gasteiger partial charge in [-0.1, -0.05) is 13.8 Å². The second kappa shape index (κ2) is 10.9. The van der Waals surface area contributed by atoms with Gasteiger partial charge in [-0.3, -0.25) is 0 Å². The van der Waals surface area contributed by atoms with E-state index in [1.807, 2.05) is 13.8 Å². The molecule has 6 nitrogen and oxygen atoms in total. The van der Waals surface area contributed by atoms with Gasteiger partial charge in [-0.15, -0.1) is 0 Å². The summed E-state index contributed by atoms with van der Waals surface area (Å²) in [6.07, 6.45) is -0.124. The first-order chi connectivity index (χ1) is 12.7. The van der Waals surface area contributed by atoms with E-state index in [0.717, 1.165) is 0 Å². The van der Waals surface area contributed by atoms with E-state index in [4.69, 9.17) is 19.7 Å². The Balaban J connectivity index is 0.000000271. The van der Waals surface area contributed by atoms with Crippen molar-refractivity contribution in [3.8, 4) is 11.5 Å². The first-order valence-electron chi connectivity index (χ1n) is 8.65. The van der Waals surface area contributed by atoms with Crippen LogP contribution in [0.25, 0.3) is 0 Å². The molecule has 2 aromatic rings. The third kappa shape index (κ3) is 8.76. The van der Waals surface area contributed by atoms with E-state index in [1.165, 1.54) is 48.5 Å². The highest BCUT2D eigenvalue weighted by atomic mass is 16.5. The molecule has 6 heteroatoms. The van der Waals surface area contributed by atoms with Crippen LogP contribution >= 0.6 is 0 Å². The Kier molecular flexibility index (Phi) is 8.85. The third-order valence-corrected chi connectivity index (χ3v) is 3.10. The van der Waals surface area contributed by atoms with E-state index >= 15 is 0 Å². The molecule has 0 aliphatic heterocycles. The van der Waals surface area contributed by atoms with Crippen molar-refractivity contribution < 1.29 is 29.3 Å². The number of hydrogen-bond donors (Lipinski definition) is 2. The molecule has 2 rings (SSSR count). The first-order valence-corrected chi connectivity index (χ1v) is 8.65. The Morgan fingerprint density at radius 2 is 1.19 bits per heavy atom. The topological polar surface area (TPSA) is 93.1 Å². The van der Waals surface area contributed by atoms with Crippen molar-refractivity contribution in [3.63, 3.8) is 0 Å². The van der Waals surface area contributed by atoms with Crippen LogP contribution in [0.15, 0.2) is 48.5 Å². The van der Waals surface area contributed by atoms with Gasteiger partial charge in [0.2, 0.25) is 0 Å². The van der Waals surface area contributed by atoms with Gasteiger partial charge in [0.25, 0.3) is 0 Å². The molecule has 2 aromatic carbocycles. The molecule has 2 N–H and O–H groups in total. The Labute approximate surface area is 159 Å². The molecule has 0 spiro atoms. The van der Waals surface area contributed by atoms with E-state index in [-0.39, 0.29) is 29.5 Å². The van der Waals surface area contributed by atoms with Crippen molar-refractivity contribution in [1.82, 2.24) is 0 Å². The Hall–Kier alpha value is -3.02. The number of rotatable bonds is 5. The molecule has 0 aromatic heterocycles. The summed E-state index contributed by atoms with van der Waals surface area (Å²) in [6, 6.07) is 12.0. The molecular weight excluding hydrogens is 348 g/mol. The number of hydrogen-bond acceptors (Lipinski definition) is 6. The van der Waals surface area contributed by atoms with Crippen molar-refractivity contribution in [2.75, 3.05) is 6.61 Å². The molecular formula is C21H26O6. The number of phenolic OH excluding ortho intramolecular Hbond substituents is 2. The summed E-state index contributed by atoms with van der Waals surface area (Å²) in [4.78, 5) is 22.6. The summed E-state index contributed by atoms with van der Waals surface area (Å²) in [7, 11) is 0. The van der Waals surface area contributed by atoms with Crippen LogP contribution < -0.4 is 0 Å². The van der Waals surface area contributed by atoms with Crippen LogP contribution in [0.5, 0.6) is 11.5 Å². The summed E-state index contributed by atoms with van der Waals surface area (Å²) in [5.41, 5.74) is 0.912. The third-order valence-electron chi connectivity index (χ3n) is 3.10. The van der Waals surface area contributed by atoms with Gasteiger partial charge >= 0.3 is 11.9 Å². The normalized spacial score (nSPS) is 10.1. The quantitative estimate of drug-likeness (QED) is 0.763. The van der Waals surface area contributed by atoms with Gasteiger partial charge in [-0.2, -0.15) is 0 Å². The molecule has 0 saturated heterocycles. The van der Waals surface area contributed by atoms with Gasteiger partial charge in [-0.25, -0.2) is 9.59 Å². The number of carbonyl (C=O) groups is 2. The van der Waals surface area contributed by atoms with Gasteiger partial charge in [0.15, 0.2) is 0 Å². The first kappa shape index (κ1) is 22.0. The van der Waals surface area contributed by atoms with E-state index in [9.17, 15) is 9.59 Å². The van der Waals surface area contributed by atoms with E-state index in [0.29, 0.717) is 23.7 Å². The van der Waals surface area contributed by atoms with E-state index in [1.54, 1.807) is 13.8 Å². The SMILES string of the molecule is CC(C)COC(=O)c1ccc(O)cc1.CC(C)OC(=O)c1ccc(O)cc1. The highest BCUT2D eigenvalue weighted by Gasteiger charge is 2.08. The van der Waals surface area contributed by atoms with Gasteiger partial charge in [0.05, 0.1) is 23.8 Å². The fourth-order valence-corrected chi connectivity index (χ4v) is 1.80. The molecule has 146 valence electrons. The molecule has 0 saturated carbocycles. The molecule has 27 heavy (non-hydrogen) atoms. The van der Waals surface area contributed by atoms with E-state index < -0.39 is 0 Å². The lowest BCUT2D eigenvalue weighted by Crippen LogP contribution is -2.11. The number of benzene rings is 2. The lowest BCUT2D eigenvalue weighted by Gasteiger charge is -2.07. The van der Waals surface area contributed by atoms with Gasteiger partial charge in [0.1, 0.15) is 11.5 Å². The molecule has 0 radical (unpaired) electrons. The molecule has 0 amide bonds. The summed E-state index contributed by atoms with van der Waals surface area (Å²) >= 11 is 0. The zero-order chi connectivity index (χ0) is 20.4. The smallest absolute Gasteiger partial charge is 0.338 e. The van der Waals surface area contributed by atoms with Crippen molar-refractivity contribution in [3.05, 3.63) is 59.7 Å². The van der Waals surface area contributed by atoms with Crippen molar-refractivity contribution in [2.45, 2.75) is 33.8 Å². The lowest BCUT2D eigenvalue weighted by molar-refractivity contribution is 0.0377. The van der Waals surface area contributed by atoms with Gasteiger partial charge in [-0.05, 0) is 68.3 Å². The highest BCUT2D eigenvalue weighted by molar-refractivity contribution is 5.90. The zero-order valence-corrected chi connectivity index (χ0v) is 16.0. The standard InChI is InChI=1S/C11H14O3.C10H12O3/c1-8(2)7-14-11(13)9-3-5-10(12)6-4-9;1-7(2)13-10(12)8-3-5-9(11)6-4-8/h3-6,8,12H,7H2,1-2H3;3-7,11H,1-2H3. The maximum absolute atomic E-state index is 11.4. The minimum absolute atomic E-state index is 0.124. The highest BCUT2D eigenvalue weighted by Crippen LogP contribution is 2.12. The van der Waals surface area contributed by atoms with Crippen molar-refractivity contribution in [1.29, 1.82) is 0 Å². The number of carbonyl (C=O) groups excluding carboxylic acids is 2.